The summed E-state index contributed by atoms with van der Waals surface area (Å²) in [6.07, 6.45) is 5.88. The van der Waals surface area contributed by atoms with Crippen LogP contribution in [0.3, 0.4) is 0 Å². The summed E-state index contributed by atoms with van der Waals surface area (Å²) in [5, 5.41) is 5.90. The van der Waals surface area contributed by atoms with Gasteiger partial charge in [-0.05, 0) is 55.5 Å². The molecule has 9 heteroatoms. The van der Waals surface area contributed by atoms with E-state index in [4.69, 9.17) is 4.74 Å². The lowest BCUT2D eigenvalue weighted by Gasteiger charge is -2.11. The predicted molar refractivity (Wildman–Crippen MR) is 131 cm³/mol. The molecule has 0 aliphatic heterocycles. The fourth-order valence-electron chi connectivity index (χ4n) is 3.95. The Morgan fingerprint density at radius 2 is 1.97 bits per heavy atom. The molecule has 0 atom stereocenters. The number of rotatable bonds is 7. The molecule has 0 saturated heterocycles. The molecule has 2 N–H and O–H groups in total. The number of hydrogen-bond acceptors (Lipinski definition) is 6. The molecule has 3 heterocycles. The monoisotopic (exact) mass is 458 g/mol. The number of aromatic nitrogens is 4. The molecule has 5 rings (SSSR count). The SMILES string of the molecule is CCn1cc(C2CC2)cc(Nc2nc3ccc(Oc4ccnc(NC(C)=O)c4)cc3n2C)c1=O. The van der Waals surface area contributed by atoms with Crippen molar-refractivity contribution in [2.75, 3.05) is 10.6 Å². The Kier molecular flexibility index (Phi) is 5.53. The van der Waals surface area contributed by atoms with Gasteiger partial charge in [-0.15, -0.1) is 0 Å². The van der Waals surface area contributed by atoms with E-state index in [1.54, 1.807) is 22.9 Å². The molecule has 0 unspecified atom stereocenters. The van der Waals surface area contributed by atoms with Crippen LogP contribution in [0.1, 0.15) is 38.2 Å². The number of ether oxygens (including phenoxy) is 1. The van der Waals surface area contributed by atoms with Crippen LogP contribution in [-0.2, 0) is 18.4 Å². The summed E-state index contributed by atoms with van der Waals surface area (Å²) >= 11 is 0. The second kappa shape index (κ2) is 8.66. The van der Waals surface area contributed by atoms with Gasteiger partial charge in [-0.1, -0.05) is 0 Å². The zero-order chi connectivity index (χ0) is 23.8. The van der Waals surface area contributed by atoms with Gasteiger partial charge in [0.15, 0.2) is 0 Å². The number of pyridine rings is 2. The first kappa shape index (κ1) is 21.7. The molecule has 174 valence electrons. The van der Waals surface area contributed by atoms with Crippen molar-refractivity contribution in [2.45, 2.75) is 39.2 Å². The highest BCUT2D eigenvalue weighted by atomic mass is 16.5. The van der Waals surface area contributed by atoms with Crippen molar-refractivity contribution in [3.63, 3.8) is 0 Å². The number of imidazole rings is 1. The van der Waals surface area contributed by atoms with Crippen molar-refractivity contribution in [1.82, 2.24) is 19.1 Å². The first-order valence-corrected chi connectivity index (χ1v) is 11.3. The van der Waals surface area contributed by atoms with Crippen LogP contribution >= 0.6 is 0 Å². The molecule has 1 saturated carbocycles. The van der Waals surface area contributed by atoms with Gasteiger partial charge in [0.1, 0.15) is 23.0 Å². The Morgan fingerprint density at radius 3 is 2.71 bits per heavy atom. The van der Waals surface area contributed by atoms with Crippen LogP contribution in [-0.4, -0.2) is 25.0 Å². The van der Waals surface area contributed by atoms with Crippen molar-refractivity contribution in [3.8, 4) is 11.5 Å². The quantitative estimate of drug-likeness (QED) is 0.422. The Morgan fingerprint density at radius 1 is 1.18 bits per heavy atom. The Hall–Kier alpha value is -4.14. The van der Waals surface area contributed by atoms with Crippen molar-refractivity contribution in [2.24, 2.45) is 7.05 Å². The molecule has 1 aromatic carbocycles. The largest absolute Gasteiger partial charge is 0.457 e. The van der Waals surface area contributed by atoms with Crippen LogP contribution in [0.5, 0.6) is 11.5 Å². The maximum Gasteiger partial charge on any atom is 0.274 e. The van der Waals surface area contributed by atoms with Gasteiger partial charge in [0, 0.05) is 45.0 Å². The summed E-state index contributed by atoms with van der Waals surface area (Å²) in [5.74, 6) is 2.51. The molecule has 1 aliphatic carbocycles. The van der Waals surface area contributed by atoms with Gasteiger partial charge in [-0.2, -0.15) is 0 Å². The molecular weight excluding hydrogens is 432 g/mol. The van der Waals surface area contributed by atoms with Crippen LogP contribution in [0, 0.1) is 0 Å². The van der Waals surface area contributed by atoms with Gasteiger partial charge in [-0.3, -0.25) is 9.59 Å². The van der Waals surface area contributed by atoms with Gasteiger partial charge in [0.2, 0.25) is 11.9 Å². The van der Waals surface area contributed by atoms with Crippen molar-refractivity contribution in [1.29, 1.82) is 0 Å². The van der Waals surface area contributed by atoms with E-state index in [1.165, 1.54) is 25.3 Å². The lowest BCUT2D eigenvalue weighted by atomic mass is 10.2. The predicted octanol–water partition coefficient (Wildman–Crippen LogP) is 4.52. The highest BCUT2D eigenvalue weighted by molar-refractivity contribution is 5.87. The molecule has 34 heavy (non-hydrogen) atoms. The fraction of sp³-hybridized carbons (Fsp3) is 0.280. The van der Waals surface area contributed by atoms with E-state index in [1.807, 2.05) is 49.0 Å². The topological polar surface area (TPSA) is 103 Å². The number of amides is 1. The highest BCUT2D eigenvalue weighted by Crippen LogP contribution is 2.40. The Balaban J connectivity index is 1.43. The standard InChI is InChI=1S/C25H26N6O3/c1-4-31-14-17(16-5-6-16)11-21(24(31)33)29-25-28-20-8-7-18(12-22(20)30(25)3)34-19-9-10-26-23(13-19)27-15(2)32/h7-14,16H,4-6H2,1-3H3,(H,28,29)(H,26,27,32). The maximum atomic E-state index is 12.9. The summed E-state index contributed by atoms with van der Waals surface area (Å²) in [6.45, 7) is 4.02. The average molecular weight is 459 g/mol. The number of benzene rings is 1. The van der Waals surface area contributed by atoms with Crippen LogP contribution < -0.4 is 20.9 Å². The molecule has 4 aromatic rings. The van der Waals surface area contributed by atoms with Crippen molar-refractivity contribution >= 4 is 34.4 Å². The van der Waals surface area contributed by atoms with Gasteiger partial charge in [0.05, 0.1) is 11.0 Å². The minimum absolute atomic E-state index is 0.0596. The van der Waals surface area contributed by atoms with E-state index in [2.05, 4.69) is 20.6 Å². The number of fused-ring (bicyclic) bond motifs is 1. The Bertz CT molecular complexity index is 1450. The third kappa shape index (κ3) is 4.36. The van der Waals surface area contributed by atoms with Gasteiger partial charge in [-0.25, -0.2) is 9.97 Å². The smallest absolute Gasteiger partial charge is 0.274 e. The first-order chi connectivity index (χ1) is 16.4. The van der Waals surface area contributed by atoms with E-state index in [0.717, 1.165) is 11.0 Å². The van der Waals surface area contributed by atoms with E-state index >= 15 is 0 Å². The molecule has 1 amide bonds. The number of carbonyl (C=O) groups excluding carboxylic acids is 1. The molecule has 1 aliphatic rings. The second-order valence-electron chi connectivity index (χ2n) is 8.48. The number of aryl methyl sites for hydroxylation is 2. The second-order valence-corrected chi connectivity index (χ2v) is 8.48. The third-order valence-electron chi connectivity index (χ3n) is 5.87. The summed E-state index contributed by atoms with van der Waals surface area (Å²) in [7, 11) is 1.89. The van der Waals surface area contributed by atoms with E-state index in [9.17, 15) is 9.59 Å². The fourth-order valence-corrected chi connectivity index (χ4v) is 3.95. The number of anilines is 3. The van der Waals surface area contributed by atoms with Crippen LogP contribution in [0.4, 0.5) is 17.5 Å². The Labute approximate surface area is 196 Å². The van der Waals surface area contributed by atoms with Gasteiger partial charge in [0.25, 0.3) is 5.56 Å². The third-order valence-corrected chi connectivity index (χ3v) is 5.87. The lowest BCUT2D eigenvalue weighted by molar-refractivity contribution is -0.114. The van der Waals surface area contributed by atoms with Crippen LogP contribution in [0.15, 0.2) is 53.6 Å². The molecule has 1 fully saturated rings. The highest BCUT2D eigenvalue weighted by Gasteiger charge is 2.25. The summed E-state index contributed by atoms with van der Waals surface area (Å²) in [6, 6.07) is 10.9. The summed E-state index contributed by atoms with van der Waals surface area (Å²) in [5.41, 5.74) is 3.29. The van der Waals surface area contributed by atoms with E-state index < -0.39 is 0 Å². The van der Waals surface area contributed by atoms with Crippen LogP contribution in [0.25, 0.3) is 11.0 Å². The number of nitrogens with zero attached hydrogens (tertiary/aromatic N) is 4. The molecule has 3 aromatic heterocycles. The maximum absolute atomic E-state index is 12.9. The molecule has 9 nitrogen and oxygen atoms in total. The minimum atomic E-state index is -0.200. The molecule has 0 bridgehead atoms. The first-order valence-electron chi connectivity index (χ1n) is 11.3. The summed E-state index contributed by atoms with van der Waals surface area (Å²) < 4.78 is 9.63. The molecule has 0 spiro atoms. The minimum Gasteiger partial charge on any atom is -0.457 e. The normalized spacial score (nSPS) is 13.1. The zero-order valence-electron chi connectivity index (χ0n) is 19.3. The number of carbonyl (C=O) groups is 1. The van der Waals surface area contributed by atoms with E-state index in [0.29, 0.717) is 41.4 Å². The molecular formula is C25H26N6O3. The average Bonchev–Trinajstić information content (AvgIpc) is 3.61. The van der Waals surface area contributed by atoms with Gasteiger partial charge < -0.3 is 24.5 Å². The number of hydrogen-bond donors (Lipinski definition) is 2. The number of nitrogens with one attached hydrogen (secondary N) is 2. The van der Waals surface area contributed by atoms with Crippen molar-refractivity contribution < 1.29 is 9.53 Å². The van der Waals surface area contributed by atoms with Crippen LogP contribution in [0.2, 0.25) is 0 Å². The zero-order valence-corrected chi connectivity index (χ0v) is 19.3. The lowest BCUT2D eigenvalue weighted by Crippen LogP contribution is -2.22. The van der Waals surface area contributed by atoms with Crippen molar-refractivity contribution in [3.05, 3.63) is 64.7 Å². The van der Waals surface area contributed by atoms with Gasteiger partial charge >= 0.3 is 0 Å². The molecule has 0 radical (unpaired) electrons. The van der Waals surface area contributed by atoms with E-state index in [-0.39, 0.29) is 11.5 Å². The summed E-state index contributed by atoms with van der Waals surface area (Å²) in [4.78, 5) is 33.0.